The minimum absolute atomic E-state index is 0.0973. The van der Waals surface area contributed by atoms with Crippen LogP contribution in [0.3, 0.4) is 0 Å². The molecule has 3 atom stereocenters. The Morgan fingerprint density at radius 3 is 2.36 bits per heavy atom. The Bertz CT molecular complexity index is 1250. The van der Waals surface area contributed by atoms with Crippen LogP contribution in [0.15, 0.2) is 48.5 Å². The number of hydrogen-bond donors (Lipinski definition) is 1. The van der Waals surface area contributed by atoms with Crippen molar-refractivity contribution in [3.8, 4) is 29.4 Å². The summed E-state index contributed by atoms with van der Waals surface area (Å²) in [5, 5.41) is 8.83. The molecule has 0 radical (unpaired) electrons. The minimum Gasteiger partial charge on any atom is -0.419 e. The normalized spacial score (nSPS) is 14.4. The summed E-state index contributed by atoms with van der Waals surface area (Å²) >= 11 is 0. The van der Waals surface area contributed by atoms with Crippen LogP contribution in [0.2, 0.25) is 0 Å². The summed E-state index contributed by atoms with van der Waals surface area (Å²) in [4.78, 5) is 18.1. The van der Waals surface area contributed by atoms with Crippen molar-refractivity contribution >= 4 is 24.9 Å². The van der Waals surface area contributed by atoms with Crippen LogP contribution in [0, 0.1) is 18.2 Å². The molecule has 0 spiro atoms. The summed E-state index contributed by atoms with van der Waals surface area (Å²) in [7, 11) is -1.68. The molecule has 1 aromatic heterocycles. The van der Waals surface area contributed by atoms with Gasteiger partial charge in [-0.25, -0.2) is 14.2 Å². The fraction of sp³-hybridized carbons (Fsp3) is 0.280. The second kappa shape index (κ2) is 9.76. The highest BCUT2D eigenvalue weighted by molar-refractivity contribution is 7.43. The molecule has 3 aromatic rings. The molecule has 2 aromatic carbocycles. The Labute approximate surface area is 192 Å². The van der Waals surface area contributed by atoms with Gasteiger partial charge in [0.05, 0.1) is 12.6 Å². The van der Waals surface area contributed by atoms with Crippen LogP contribution in [0.1, 0.15) is 32.3 Å². The number of aromatic nitrogens is 1. The Hall–Kier alpha value is -3.17. The van der Waals surface area contributed by atoms with Gasteiger partial charge in [-0.3, -0.25) is 0 Å². The van der Waals surface area contributed by atoms with Crippen LogP contribution in [0.4, 0.5) is 4.39 Å². The van der Waals surface area contributed by atoms with Gasteiger partial charge in [-0.1, -0.05) is 32.0 Å². The Morgan fingerprint density at radius 2 is 1.82 bits per heavy atom. The van der Waals surface area contributed by atoms with Gasteiger partial charge < -0.3 is 9.84 Å². The van der Waals surface area contributed by atoms with E-state index in [2.05, 4.69) is 10.9 Å². The van der Waals surface area contributed by atoms with Gasteiger partial charge in [-0.2, -0.15) is 0 Å². The van der Waals surface area contributed by atoms with Gasteiger partial charge in [0.2, 0.25) is 0 Å². The largest absolute Gasteiger partial charge is 0.542 e. The van der Waals surface area contributed by atoms with E-state index in [1.54, 1.807) is 0 Å². The van der Waals surface area contributed by atoms with Gasteiger partial charge in [0, 0.05) is 16.5 Å². The molecule has 170 valence electrons. The number of aliphatic hydroxyl groups excluding tert-OH is 1. The topological polar surface area (TPSA) is 85.7 Å². The molecule has 0 aliphatic carbocycles. The Kier molecular flexibility index (Phi) is 7.24. The van der Waals surface area contributed by atoms with Crippen molar-refractivity contribution < 1.29 is 28.1 Å². The maximum Gasteiger partial charge on any atom is 0.542 e. The van der Waals surface area contributed by atoms with E-state index in [0.717, 1.165) is 12.5 Å². The van der Waals surface area contributed by atoms with Crippen molar-refractivity contribution in [2.45, 2.75) is 37.9 Å². The van der Waals surface area contributed by atoms with Crippen LogP contribution < -0.4 is 4.74 Å². The first-order chi connectivity index (χ1) is 15.7. The number of terminal acetylenes is 1. The summed E-state index contributed by atoms with van der Waals surface area (Å²) in [6.07, 6.45) is 4.04. The average molecular weight is 468 g/mol. The molecule has 3 unspecified atom stereocenters. The molecule has 1 heterocycles. The zero-order valence-corrected chi connectivity index (χ0v) is 19.6. The number of benzene rings is 2. The smallest absolute Gasteiger partial charge is 0.419 e. The van der Waals surface area contributed by atoms with Gasteiger partial charge in [0.1, 0.15) is 17.6 Å². The van der Waals surface area contributed by atoms with E-state index in [1.165, 1.54) is 31.2 Å². The summed E-state index contributed by atoms with van der Waals surface area (Å²) < 4.78 is 36.9. The second-order valence-electron chi connectivity index (χ2n) is 7.80. The number of esters is 1. The second-order valence-corrected chi connectivity index (χ2v) is 9.38. The Morgan fingerprint density at radius 1 is 1.18 bits per heavy atom. The first-order valence-electron chi connectivity index (χ1n) is 10.3. The fourth-order valence-corrected chi connectivity index (χ4v) is 4.54. The van der Waals surface area contributed by atoms with Gasteiger partial charge in [-0.15, -0.1) is 10.9 Å². The van der Waals surface area contributed by atoms with Gasteiger partial charge in [-0.05, 0) is 53.7 Å². The van der Waals surface area contributed by atoms with Gasteiger partial charge in [0.15, 0.2) is 5.75 Å². The lowest BCUT2D eigenvalue weighted by atomic mass is 9.94. The molecule has 0 fully saturated rings. The summed E-state index contributed by atoms with van der Waals surface area (Å²) in [6, 6.07) is 12.9. The number of aliphatic hydroxyl groups is 1. The predicted molar refractivity (Wildman–Crippen MR) is 125 cm³/mol. The van der Waals surface area contributed by atoms with E-state index < -0.39 is 31.1 Å². The molecule has 0 aliphatic heterocycles. The zero-order valence-electron chi connectivity index (χ0n) is 18.7. The van der Waals surface area contributed by atoms with Crippen LogP contribution in [-0.2, 0) is 13.9 Å². The third-order valence-corrected chi connectivity index (χ3v) is 6.96. The SMILES string of the molecule is C#CC(C(=O)Oc1c(-c2ccc(F)cc2)nc2ccccc2c1C(C)C)(C(C)O)[P+](=O)OC. The number of carbonyl (C=O) groups is 1. The highest BCUT2D eigenvalue weighted by Gasteiger charge is 2.63. The highest BCUT2D eigenvalue weighted by Crippen LogP contribution is 2.46. The monoisotopic (exact) mass is 468 g/mol. The molecule has 33 heavy (non-hydrogen) atoms. The van der Waals surface area contributed by atoms with Gasteiger partial charge >= 0.3 is 19.2 Å². The lowest BCUT2D eigenvalue weighted by Crippen LogP contribution is -2.46. The molecule has 3 rings (SSSR count). The van der Waals surface area contributed by atoms with Crippen molar-refractivity contribution in [3.05, 3.63) is 59.9 Å². The van der Waals surface area contributed by atoms with E-state index in [-0.39, 0.29) is 17.4 Å². The number of rotatable bonds is 7. The first-order valence-corrected chi connectivity index (χ1v) is 11.4. The maximum absolute atomic E-state index is 13.6. The molecule has 6 nitrogen and oxygen atoms in total. The predicted octanol–water partition coefficient (Wildman–Crippen LogP) is 5.21. The summed E-state index contributed by atoms with van der Waals surface area (Å²) in [5.74, 6) is 0.573. The number of carbonyl (C=O) groups excluding carboxylic acids is 1. The molecule has 0 amide bonds. The standard InChI is InChI=1S/C25H24FNO5P/c1-6-25(16(4)28,33(30)31-5)24(29)32-23-21(15(2)3)19-9-7-8-10-20(19)27-22(23)17-11-13-18(26)14-12-17/h1,7-16,28H,2-5H3/q+1. The van der Waals surface area contributed by atoms with Crippen LogP contribution in [0.25, 0.3) is 22.2 Å². The van der Waals surface area contributed by atoms with Crippen molar-refractivity contribution in [1.29, 1.82) is 0 Å². The molecule has 0 saturated carbocycles. The zero-order chi connectivity index (χ0) is 24.3. The van der Waals surface area contributed by atoms with E-state index >= 15 is 0 Å². The number of para-hydroxylation sites is 1. The molecule has 0 saturated heterocycles. The van der Waals surface area contributed by atoms with E-state index in [1.807, 2.05) is 38.1 Å². The molecule has 8 heteroatoms. The molecule has 0 bridgehead atoms. The van der Waals surface area contributed by atoms with E-state index in [9.17, 15) is 18.9 Å². The van der Waals surface area contributed by atoms with Crippen molar-refractivity contribution in [3.63, 3.8) is 0 Å². The summed E-state index contributed by atoms with van der Waals surface area (Å²) in [5.41, 5.74) is 2.11. The maximum atomic E-state index is 13.6. The van der Waals surface area contributed by atoms with Crippen LogP contribution in [-0.4, -0.2) is 34.4 Å². The lowest BCUT2D eigenvalue weighted by Gasteiger charge is -2.22. The number of pyridine rings is 1. The number of nitrogens with zero attached hydrogens (tertiary/aromatic N) is 1. The quantitative estimate of drug-likeness (QED) is 0.291. The van der Waals surface area contributed by atoms with E-state index in [4.69, 9.17) is 15.7 Å². The third-order valence-electron chi connectivity index (χ3n) is 5.37. The number of hydrogen-bond acceptors (Lipinski definition) is 6. The van der Waals surface area contributed by atoms with Crippen molar-refractivity contribution in [1.82, 2.24) is 4.98 Å². The minimum atomic E-state index is -2.81. The Balaban J connectivity index is 2.32. The molecular formula is C25H24FNO5P+. The summed E-state index contributed by atoms with van der Waals surface area (Å²) in [6.45, 7) is 5.09. The first kappa shape index (κ1) is 24.5. The van der Waals surface area contributed by atoms with Crippen LogP contribution >= 0.6 is 8.03 Å². The lowest BCUT2D eigenvalue weighted by molar-refractivity contribution is -0.138. The fourth-order valence-electron chi connectivity index (χ4n) is 3.64. The van der Waals surface area contributed by atoms with Gasteiger partial charge in [0.25, 0.3) is 0 Å². The molecule has 0 aliphatic rings. The highest BCUT2D eigenvalue weighted by atomic mass is 31.1. The van der Waals surface area contributed by atoms with E-state index in [0.29, 0.717) is 16.6 Å². The number of ether oxygens (including phenoxy) is 1. The molecular weight excluding hydrogens is 444 g/mol. The number of fused-ring (bicyclic) bond motifs is 1. The molecule has 1 N–H and O–H groups in total. The third kappa shape index (κ3) is 4.38. The van der Waals surface area contributed by atoms with Crippen molar-refractivity contribution in [2.24, 2.45) is 0 Å². The van der Waals surface area contributed by atoms with Crippen LogP contribution in [0.5, 0.6) is 5.75 Å². The van der Waals surface area contributed by atoms with Crippen molar-refractivity contribution in [2.75, 3.05) is 7.11 Å². The number of halogens is 1. The average Bonchev–Trinajstić information content (AvgIpc) is 2.79.